The number of ether oxygens (including phenoxy) is 1. The normalized spacial score (nSPS) is 16.9. The topological polar surface area (TPSA) is 9.23 Å². The molecule has 1 fully saturated rings. The number of hydrogen-bond donors (Lipinski definition) is 0. The molecule has 4 aromatic carbocycles. The van der Waals surface area contributed by atoms with Crippen LogP contribution in [0.1, 0.15) is 86.5 Å². The number of unbranched alkanes of at least 4 members (excludes halogenated alkanes) is 2. The number of halogens is 9. The standard InChI is InChI=1S/C38H33F9O/c1-2-3-4-5-22-6-9-24(10-7-22)25-11-13-26(14-12-25)27-18-32(41)36(33(42)19-27)38(46,47)48-28-20-30(39)29(31(40)21-28)15-8-23-16-34(43)37(45)35(44)17-23/h8,11-22,24H,2-7,9-10H2,1H3/b15-8+. The maximum Gasteiger partial charge on any atom is 0.432 e. The van der Waals surface area contributed by atoms with Crippen LogP contribution in [-0.2, 0) is 6.11 Å². The van der Waals surface area contributed by atoms with E-state index in [1.54, 1.807) is 12.1 Å². The summed E-state index contributed by atoms with van der Waals surface area (Å²) in [7, 11) is 0. The lowest BCUT2D eigenvalue weighted by atomic mass is 9.77. The molecule has 1 nitrogen and oxygen atoms in total. The SMILES string of the molecule is CCCCCC1CCC(c2ccc(-c3cc(F)c(C(F)(F)Oc4cc(F)c(/C=C/c5cc(F)c(F)c(F)c5)c(F)c4)c(F)c3)cc2)CC1. The van der Waals surface area contributed by atoms with Gasteiger partial charge in [0, 0.05) is 17.7 Å². The van der Waals surface area contributed by atoms with E-state index in [-0.39, 0.29) is 11.1 Å². The second kappa shape index (κ2) is 14.9. The van der Waals surface area contributed by atoms with Crippen molar-refractivity contribution >= 4 is 12.2 Å². The van der Waals surface area contributed by atoms with Gasteiger partial charge in [-0.25, -0.2) is 30.7 Å². The van der Waals surface area contributed by atoms with Crippen molar-refractivity contribution in [3.05, 3.63) is 124 Å². The largest absolute Gasteiger partial charge is 0.432 e. The number of alkyl halides is 2. The van der Waals surface area contributed by atoms with Gasteiger partial charge in [-0.3, -0.25) is 0 Å². The molecular formula is C38H33F9O. The van der Waals surface area contributed by atoms with Gasteiger partial charge in [0.15, 0.2) is 17.5 Å². The minimum atomic E-state index is -4.68. The van der Waals surface area contributed by atoms with E-state index in [1.807, 2.05) is 12.1 Å². The predicted octanol–water partition coefficient (Wildman–Crippen LogP) is 12.5. The van der Waals surface area contributed by atoms with Crippen LogP contribution in [0.5, 0.6) is 5.75 Å². The summed E-state index contributed by atoms with van der Waals surface area (Å²) >= 11 is 0. The van der Waals surface area contributed by atoms with Crippen LogP contribution in [0.15, 0.2) is 60.7 Å². The summed E-state index contributed by atoms with van der Waals surface area (Å²) in [6, 6.07) is 10.5. The van der Waals surface area contributed by atoms with Crippen molar-refractivity contribution in [3.8, 4) is 16.9 Å². The molecule has 1 aliphatic rings. The Balaban J connectivity index is 1.28. The molecule has 0 spiro atoms. The molecule has 48 heavy (non-hydrogen) atoms. The molecule has 5 rings (SSSR count). The number of benzene rings is 4. The van der Waals surface area contributed by atoms with Gasteiger partial charge in [-0.05, 0) is 90.1 Å². The average molecular weight is 677 g/mol. The molecule has 4 aromatic rings. The second-order valence-corrected chi connectivity index (χ2v) is 12.2. The van der Waals surface area contributed by atoms with E-state index in [0.29, 0.717) is 35.7 Å². The summed E-state index contributed by atoms with van der Waals surface area (Å²) in [4.78, 5) is 0. The maximum atomic E-state index is 15.0. The van der Waals surface area contributed by atoms with Gasteiger partial charge in [0.1, 0.15) is 34.6 Å². The first kappa shape index (κ1) is 35.1. The van der Waals surface area contributed by atoms with Gasteiger partial charge >= 0.3 is 6.11 Å². The van der Waals surface area contributed by atoms with Gasteiger partial charge < -0.3 is 4.74 Å². The van der Waals surface area contributed by atoms with Crippen LogP contribution in [0.4, 0.5) is 39.5 Å². The Morgan fingerprint density at radius 2 is 1.25 bits per heavy atom. The molecule has 0 N–H and O–H groups in total. The van der Waals surface area contributed by atoms with Crippen molar-refractivity contribution in [2.24, 2.45) is 5.92 Å². The van der Waals surface area contributed by atoms with Gasteiger partial charge in [-0.2, -0.15) is 8.78 Å². The Kier molecular flexibility index (Phi) is 10.9. The molecule has 0 aliphatic heterocycles. The van der Waals surface area contributed by atoms with Gasteiger partial charge in [-0.1, -0.05) is 62.9 Å². The number of hydrogen-bond acceptors (Lipinski definition) is 1. The summed E-state index contributed by atoms with van der Waals surface area (Å²) in [5, 5.41) is 0. The fourth-order valence-corrected chi connectivity index (χ4v) is 6.26. The van der Waals surface area contributed by atoms with E-state index >= 15 is 17.6 Å². The van der Waals surface area contributed by atoms with E-state index in [2.05, 4.69) is 11.7 Å². The molecular weight excluding hydrogens is 643 g/mol. The molecule has 10 heteroatoms. The Labute approximate surface area is 273 Å². The van der Waals surface area contributed by atoms with Crippen LogP contribution in [0.2, 0.25) is 0 Å². The fourth-order valence-electron chi connectivity index (χ4n) is 6.26. The third-order valence-electron chi connectivity index (χ3n) is 8.86. The first-order chi connectivity index (χ1) is 22.9. The molecule has 0 aromatic heterocycles. The summed E-state index contributed by atoms with van der Waals surface area (Å²) in [6.07, 6.45) is 6.33. The Morgan fingerprint density at radius 1 is 0.667 bits per heavy atom. The van der Waals surface area contributed by atoms with Crippen LogP contribution >= 0.6 is 0 Å². The van der Waals surface area contributed by atoms with Crippen molar-refractivity contribution in [2.45, 2.75) is 70.3 Å². The molecule has 0 saturated heterocycles. The third kappa shape index (κ3) is 8.08. The lowest BCUT2D eigenvalue weighted by molar-refractivity contribution is -0.189. The van der Waals surface area contributed by atoms with E-state index < -0.39 is 63.7 Å². The highest BCUT2D eigenvalue weighted by Gasteiger charge is 2.41. The van der Waals surface area contributed by atoms with Crippen LogP contribution in [0, 0.1) is 46.6 Å². The zero-order valence-corrected chi connectivity index (χ0v) is 26.0. The minimum Gasteiger partial charge on any atom is -0.429 e. The van der Waals surface area contributed by atoms with Crippen molar-refractivity contribution in [2.75, 3.05) is 0 Å². The Morgan fingerprint density at radius 3 is 1.81 bits per heavy atom. The first-order valence-electron chi connectivity index (χ1n) is 15.8. The van der Waals surface area contributed by atoms with Gasteiger partial charge in [0.25, 0.3) is 0 Å². The maximum absolute atomic E-state index is 15.0. The van der Waals surface area contributed by atoms with E-state index in [9.17, 15) is 22.0 Å². The van der Waals surface area contributed by atoms with Gasteiger partial charge in [0.2, 0.25) is 0 Å². The zero-order valence-electron chi connectivity index (χ0n) is 26.0. The van der Waals surface area contributed by atoms with Crippen LogP contribution in [-0.4, -0.2) is 0 Å². The summed E-state index contributed by atoms with van der Waals surface area (Å²) < 4.78 is 134. The Hall–Kier alpha value is -4.21. The van der Waals surface area contributed by atoms with Crippen LogP contribution < -0.4 is 4.74 Å². The van der Waals surface area contributed by atoms with Gasteiger partial charge in [-0.15, -0.1) is 0 Å². The molecule has 0 heterocycles. The molecule has 254 valence electrons. The fraction of sp³-hybridized carbons (Fsp3) is 0.316. The molecule has 1 saturated carbocycles. The lowest BCUT2D eigenvalue weighted by Gasteiger charge is -2.29. The quantitative estimate of drug-likeness (QED) is 0.0665. The summed E-state index contributed by atoms with van der Waals surface area (Å²) in [5.41, 5.74) is -1.29. The molecule has 0 amide bonds. The van der Waals surface area contributed by atoms with Crippen molar-refractivity contribution < 1.29 is 44.3 Å². The monoisotopic (exact) mass is 676 g/mol. The second-order valence-electron chi connectivity index (χ2n) is 12.2. The molecule has 0 unspecified atom stereocenters. The molecule has 0 atom stereocenters. The predicted molar refractivity (Wildman–Crippen MR) is 167 cm³/mol. The van der Waals surface area contributed by atoms with E-state index in [1.165, 1.54) is 25.7 Å². The Bertz CT molecular complexity index is 1700. The van der Waals surface area contributed by atoms with Crippen molar-refractivity contribution in [1.29, 1.82) is 0 Å². The van der Waals surface area contributed by atoms with E-state index in [4.69, 9.17) is 0 Å². The highest BCUT2D eigenvalue weighted by atomic mass is 19.3. The van der Waals surface area contributed by atoms with Crippen molar-refractivity contribution in [1.82, 2.24) is 0 Å². The summed E-state index contributed by atoms with van der Waals surface area (Å²) in [6.45, 7) is 2.19. The van der Waals surface area contributed by atoms with E-state index in [0.717, 1.165) is 61.4 Å². The highest BCUT2D eigenvalue weighted by molar-refractivity contribution is 5.70. The lowest BCUT2D eigenvalue weighted by Crippen LogP contribution is -2.25. The van der Waals surface area contributed by atoms with Gasteiger partial charge in [0.05, 0.1) is 0 Å². The third-order valence-corrected chi connectivity index (χ3v) is 8.86. The molecule has 1 aliphatic carbocycles. The van der Waals surface area contributed by atoms with Crippen LogP contribution in [0.25, 0.3) is 23.3 Å². The first-order valence-corrected chi connectivity index (χ1v) is 15.8. The summed E-state index contributed by atoms with van der Waals surface area (Å²) in [5.74, 6) is -10.9. The molecule has 0 radical (unpaired) electrons. The smallest absolute Gasteiger partial charge is 0.429 e. The van der Waals surface area contributed by atoms with Crippen LogP contribution in [0.3, 0.4) is 0 Å². The highest BCUT2D eigenvalue weighted by Crippen LogP contribution is 2.40. The zero-order chi connectivity index (χ0) is 34.6. The average Bonchev–Trinajstić information content (AvgIpc) is 3.03. The minimum absolute atomic E-state index is 0.0184. The van der Waals surface area contributed by atoms with Crippen molar-refractivity contribution in [3.63, 3.8) is 0 Å². The molecule has 0 bridgehead atoms. The number of rotatable bonds is 11.